The summed E-state index contributed by atoms with van der Waals surface area (Å²) in [5, 5.41) is 19.0. The van der Waals surface area contributed by atoms with Crippen LogP contribution in [0, 0.1) is 11.8 Å². The Balaban J connectivity index is 0.000000455. The number of nitrogens with zero attached hydrogens (tertiary/aromatic N) is 8. The predicted molar refractivity (Wildman–Crippen MR) is 273 cm³/mol. The molecule has 2 aliphatic rings. The second-order valence-electron chi connectivity index (χ2n) is 16.6. The van der Waals surface area contributed by atoms with Crippen molar-refractivity contribution in [2.24, 2.45) is 22.1 Å². The Morgan fingerprint density at radius 2 is 1.03 bits per heavy atom. The van der Waals surface area contributed by atoms with Crippen LogP contribution in [0.2, 0.25) is 0 Å². The zero-order valence-electron chi connectivity index (χ0n) is 42.6. The van der Waals surface area contributed by atoms with Crippen molar-refractivity contribution in [1.29, 1.82) is 0 Å². The normalized spacial score (nSPS) is 22.9. The fourth-order valence-corrected chi connectivity index (χ4v) is 7.26. The smallest absolute Gasteiger partial charge is 1.00 e. The van der Waals surface area contributed by atoms with Crippen molar-refractivity contribution in [3.63, 3.8) is 0 Å². The second-order valence-corrected chi connectivity index (χ2v) is 17.2. The van der Waals surface area contributed by atoms with Gasteiger partial charge in [-0.05, 0) is 47.2 Å². The Hall–Kier alpha value is -5.24. The maximum atomic E-state index is 13.0. The van der Waals surface area contributed by atoms with Gasteiger partial charge in [0.05, 0.1) is 44.1 Å². The summed E-state index contributed by atoms with van der Waals surface area (Å²) in [7, 11) is 0. The van der Waals surface area contributed by atoms with Crippen LogP contribution in [0.15, 0.2) is 157 Å². The van der Waals surface area contributed by atoms with Crippen LogP contribution in [0.3, 0.4) is 0 Å². The van der Waals surface area contributed by atoms with Crippen molar-refractivity contribution in [1.82, 2.24) is 9.80 Å². The Morgan fingerprint density at radius 1 is 0.653 bits per heavy atom. The number of carbonyl (C=O) groups is 2. The van der Waals surface area contributed by atoms with E-state index in [1.54, 1.807) is 12.2 Å². The molecule has 6 rings (SSSR count). The van der Waals surface area contributed by atoms with Crippen LogP contribution in [0.5, 0.6) is 0 Å². The molecule has 0 aliphatic carbocycles. The van der Waals surface area contributed by atoms with E-state index in [0.717, 1.165) is 27.6 Å². The SMILES string of the molecule is C=CCBr.C=CCO[C@@H]1C(N=[N+]=[N-])[C@H](OCN(Cc2ccccc2)C(=O)OCc2ccccc2)OC(C)[C@@H]1C.CC1O[C@@H](OCN(Cc2ccccc2)C(=O)OCc2ccccc2)C(N=[N+]=[N-])[C@@H](O)[C@H]1C.[H-].[Na+]. The molecule has 4 aromatic rings. The number of azide groups is 2. The molecule has 72 heavy (non-hydrogen) atoms. The van der Waals surface area contributed by atoms with Gasteiger partial charge in [-0.15, -0.1) is 13.2 Å². The van der Waals surface area contributed by atoms with Gasteiger partial charge in [0.15, 0.2) is 12.6 Å². The van der Waals surface area contributed by atoms with E-state index in [0.29, 0.717) is 6.61 Å². The fourth-order valence-electron chi connectivity index (χ4n) is 7.26. The largest absolute Gasteiger partial charge is 1.00 e. The summed E-state index contributed by atoms with van der Waals surface area (Å²) in [5.41, 5.74) is 21.6. The van der Waals surface area contributed by atoms with E-state index in [-0.39, 0.29) is 94.8 Å². The van der Waals surface area contributed by atoms with Gasteiger partial charge < -0.3 is 39.7 Å². The number of carbonyl (C=O) groups excluding carboxylic acids is 2. The van der Waals surface area contributed by atoms with Crippen molar-refractivity contribution in [2.75, 3.05) is 25.4 Å². The van der Waals surface area contributed by atoms with Crippen molar-refractivity contribution < 1.29 is 78.8 Å². The van der Waals surface area contributed by atoms with Crippen LogP contribution in [0.4, 0.5) is 9.59 Å². The Kier molecular flexibility index (Phi) is 29.0. The quantitative estimate of drug-likeness (QED) is 0.0169. The number of ether oxygens (including phenoxy) is 7. The van der Waals surface area contributed by atoms with E-state index in [1.807, 2.05) is 149 Å². The van der Waals surface area contributed by atoms with E-state index in [9.17, 15) is 14.7 Å². The summed E-state index contributed by atoms with van der Waals surface area (Å²) in [6, 6.07) is 36.1. The third-order valence-electron chi connectivity index (χ3n) is 11.5. The van der Waals surface area contributed by atoms with Crippen LogP contribution >= 0.6 is 15.9 Å². The summed E-state index contributed by atoms with van der Waals surface area (Å²) in [6.07, 6.45) is -1.43. The molecule has 10 atom stereocenters. The fraction of sp³-hybridized carbons (Fsp3) is 0.423. The number of alkyl halides is 1. The number of rotatable bonds is 20. The van der Waals surface area contributed by atoms with Gasteiger partial charge >= 0.3 is 41.7 Å². The first kappa shape index (κ1) is 61.1. The first-order valence-electron chi connectivity index (χ1n) is 23.1. The van der Waals surface area contributed by atoms with E-state index in [2.05, 4.69) is 49.1 Å². The topological polar surface area (TPSA) is 223 Å². The average Bonchev–Trinajstić information content (AvgIpc) is 3.40. The molecule has 2 aliphatic heterocycles. The second kappa shape index (κ2) is 34.2. The third kappa shape index (κ3) is 20.3. The molecule has 0 radical (unpaired) electrons. The van der Waals surface area contributed by atoms with E-state index in [4.69, 9.17) is 44.2 Å². The number of hydrogen-bond donors (Lipinski definition) is 1. The number of amides is 2. The molecule has 2 saturated heterocycles. The number of benzene rings is 4. The van der Waals surface area contributed by atoms with Crippen LogP contribution in [-0.2, 0) is 59.5 Å². The molecule has 2 fully saturated rings. The Bertz CT molecular complexity index is 2290. The molecular formula is C52H66BrN8NaO10. The first-order chi connectivity index (χ1) is 34.4. The number of allylic oxidation sites excluding steroid dienone is 1. The Morgan fingerprint density at radius 3 is 1.42 bits per heavy atom. The maximum Gasteiger partial charge on any atom is 1.00 e. The minimum Gasteiger partial charge on any atom is -1.00 e. The predicted octanol–water partition coefficient (Wildman–Crippen LogP) is 8.33. The molecule has 0 bridgehead atoms. The minimum absolute atomic E-state index is 0. The molecule has 4 unspecified atom stereocenters. The molecule has 382 valence electrons. The molecule has 2 heterocycles. The van der Waals surface area contributed by atoms with Crippen molar-refractivity contribution in [2.45, 2.75) is 103 Å². The van der Waals surface area contributed by atoms with Crippen LogP contribution in [0.25, 0.3) is 20.9 Å². The number of halogens is 1. The summed E-state index contributed by atoms with van der Waals surface area (Å²) in [5.74, 6) is -0.275. The van der Waals surface area contributed by atoms with E-state index >= 15 is 0 Å². The van der Waals surface area contributed by atoms with Gasteiger partial charge in [-0.25, -0.2) is 9.59 Å². The van der Waals surface area contributed by atoms with E-state index < -0.39 is 49.1 Å². The maximum absolute atomic E-state index is 13.0. The van der Waals surface area contributed by atoms with Gasteiger partial charge in [0.25, 0.3) is 0 Å². The summed E-state index contributed by atoms with van der Waals surface area (Å²) in [6.45, 7) is 15.4. The third-order valence-corrected chi connectivity index (χ3v) is 12.0. The van der Waals surface area contributed by atoms with Crippen LogP contribution in [0.1, 0.15) is 51.4 Å². The monoisotopic (exact) mass is 1060 g/mol. The van der Waals surface area contributed by atoms with Gasteiger partial charge in [-0.2, -0.15) is 0 Å². The van der Waals surface area contributed by atoms with Gasteiger partial charge in [0.1, 0.15) is 38.8 Å². The minimum atomic E-state index is -0.993. The molecule has 2 amide bonds. The number of hydrogen-bond acceptors (Lipinski definition) is 12. The zero-order valence-corrected chi connectivity index (χ0v) is 45.2. The van der Waals surface area contributed by atoms with Gasteiger partial charge in [0, 0.05) is 27.0 Å². The summed E-state index contributed by atoms with van der Waals surface area (Å²) in [4.78, 5) is 34.4. The molecular weight excluding hydrogens is 1000 g/mol. The first-order valence-corrected chi connectivity index (χ1v) is 24.3. The molecule has 0 spiro atoms. The van der Waals surface area contributed by atoms with Gasteiger partial charge in [-0.1, -0.05) is 173 Å². The standard InChI is InChI=1S/C26H32N4O5.C23H28N4O5.C3H5Br.Na.H/c1-4-15-32-24-19(2)20(3)35-25(23(24)28-29-27)34-18-30(16-21-11-7-5-8-12-21)26(31)33-17-22-13-9-6-10-14-22;1-16-17(2)32-22(20(21(16)28)25-26-24)31-15-27(13-18-9-5-3-6-10-18)23(29)30-14-19-11-7-4-8-12-19;1-2-3-4;;/h4-14,19-20,23-25H,1,15-18H2,2-3H3;3-12,16-17,20-22,28H,13-15H2,1-2H3;2H,1,3H2;;/q;;;+1;-1/t19-,20?,23?,24-,25+;16-,17?,20?,21-,22+;;;/m00.../s1. The zero-order chi connectivity index (χ0) is 51.4. The van der Waals surface area contributed by atoms with Crippen molar-refractivity contribution in [3.05, 3.63) is 190 Å². The van der Waals surface area contributed by atoms with E-state index in [1.165, 1.54) is 9.80 Å². The van der Waals surface area contributed by atoms with Crippen LogP contribution in [-0.4, -0.2) is 102 Å². The Labute approximate surface area is 454 Å². The summed E-state index contributed by atoms with van der Waals surface area (Å²) < 4.78 is 40.6. The van der Waals surface area contributed by atoms with Crippen molar-refractivity contribution >= 4 is 28.1 Å². The molecule has 0 saturated carbocycles. The van der Waals surface area contributed by atoms with Crippen LogP contribution < -0.4 is 29.6 Å². The molecule has 4 aromatic carbocycles. The molecule has 0 aromatic heterocycles. The number of aliphatic hydroxyl groups excluding tert-OH is 1. The van der Waals surface area contributed by atoms with Crippen molar-refractivity contribution in [3.8, 4) is 0 Å². The molecule has 20 heteroatoms. The van der Waals surface area contributed by atoms with Gasteiger partial charge in [0.2, 0.25) is 0 Å². The summed E-state index contributed by atoms with van der Waals surface area (Å²) >= 11 is 3.13. The average molecular weight is 1070 g/mol. The number of aliphatic hydroxyl groups is 1. The van der Waals surface area contributed by atoms with Gasteiger partial charge in [-0.3, -0.25) is 9.80 Å². The molecule has 1 N–H and O–H groups in total. The molecule has 18 nitrogen and oxygen atoms in total.